The van der Waals surface area contributed by atoms with Gasteiger partial charge in [-0.3, -0.25) is 4.79 Å². The summed E-state index contributed by atoms with van der Waals surface area (Å²) in [5, 5.41) is 2.76. The Balaban J connectivity index is 2.65. The van der Waals surface area contributed by atoms with Crippen molar-refractivity contribution in [3.63, 3.8) is 0 Å². The molecule has 0 aliphatic heterocycles. The fourth-order valence-corrected chi connectivity index (χ4v) is 1.15. The Morgan fingerprint density at radius 1 is 1.38 bits per heavy atom. The van der Waals surface area contributed by atoms with Gasteiger partial charge in [0.25, 0.3) is 0 Å². The van der Waals surface area contributed by atoms with E-state index in [1.165, 1.54) is 0 Å². The van der Waals surface area contributed by atoms with E-state index in [4.69, 9.17) is 0 Å². The second kappa shape index (κ2) is 4.77. The summed E-state index contributed by atoms with van der Waals surface area (Å²) in [5.74, 6) is -0.0395. The number of carbonyl (C=O) groups excluding carboxylic acids is 1. The highest BCUT2D eigenvalue weighted by molar-refractivity contribution is 9.10. The summed E-state index contributed by atoms with van der Waals surface area (Å²) in [6.45, 7) is 1.79. The number of benzene rings is 1. The fourth-order valence-electron chi connectivity index (χ4n) is 0.775. The zero-order valence-electron chi connectivity index (χ0n) is 7.05. The van der Waals surface area contributed by atoms with Gasteiger partial charge in [0, 0.05) is 10.2 Å². The molecule has 13 heavy (non-hydrogen) atoms. The number of halogens is 2. The first-order valence-corrected chi connectivity index (χ1v) is 5.51. The summed E-state index contributed by atoms with van der Waals surface area (Å²) in [5.41, 5.74) is 0.805. The maximum absolute atomic E-state index is 11.2. The van der Waals surface area contributed by atoms with Crippen LogP contribution in [0, 0.1) is 0 Å². The molecule has 0 bridgehead atoms. The predicted octanol–water partition coefficient (Wildman–Crippen LogP) is 3.17. The third-order valence-electron chi connectivity index (χ3n) is 1.47. The van der Waals surface area contributed by atoms with Crippen LogP contribution in [0.25, 0.3) is 0 Å². The van der Waals surface area contributed by atoms with Crippen LogP contribution in [0.2, 0.25) is 0 Å². The number of nitrogens with one attached hydrogen (secondary N) is 1. The van der Waals surface area contributed by atoms with Gasteiger partial charge in [-0.05, 0) is 31.2 Å². The highest BCUT2D eigenvalue weighted by atomic mass is 79.9. The number of hydrogen-bond acceptors (Lipinski definition) is 1. The third-order valence-corrected chi connectivity index (χ3v) is 2.42. The van der Waals surface area contributed by atoms with Crippen molar-refractivity contribution in [2.45, 2.75) is 11.8 Å². The van der Waals surface area contributed by atoms with Gasteiger partial charge >= 0.3 is 0 Å². The zero-order valence-corrected chi connectivity index (χ0v) is 10.2. The van der Waals surface area contributed by atoms with E-state index >= 15 is 0 Å². The van der Waals surface area contributed by atoms with Crippen molar-refractivity contribution in [2.24, 2.45) is 0 Å². The Hall–Kier alpha value is -0.350. The van der Waals surface area contributed by atoms with Crippen LogP contribution in [0.1, 0.15) is 6.92 Å². The number of anilines is 1. The lowest BCUT2D eigenvalue weighted by atomic mass is 10.3. The quantitative estimate of drug-likeness (QED) is 0.836. The molecule has 0 saturated carbocycles. The smallest absolute Gasteiger partial charge is 0.237 e. The molecule has 1 aromatic carbocycles. The number of rotatable bonds is 2. The average molecular weight is 307 g/mol. The van der Waals surface area contributed by atoms with Crippen molar-refractivity contribution < 1.29 is 4.79 Å². The van der Waals surface area contributed by atoms with Crippen molar-refractivity contribution in [3.05, 3.63) is 28.7 Å². The maximum atomic E-state index is 11.2. The van der Waals surface area contributed by atoms with Crippen LogP contribution in [0.4, 0.5) is 5.69 Å². The SMILES string of the molecule is C[C@@H](Br)C(=O)Nc1ccc(Br)cc1. The normalized spacial score (nSPS) is 12.2. The first-order valence-electron chi connectivity index (χ1n) is 3.80. The largest absolute Gasteiger partial charge is 0.325 e. The monoisotopic (exact) mass is 305 g/mol. The van der Waals surface area contributed by atoms with Crippen LogP contribution < -0.4 is 5.32 Å². The highest BCUT2D eigenvalue weighted by Gasteiger charge is 2.07. The molecule has 0 aliphatic carbocycles. The van der Waals surface area contributed by atoms with Crippen LogP contribution in [-0.2, 0) is 4.79 Å². The molecule has 0 aliphatic rings. The minimum Gasteiger partial charge on any atom is -0.325 e. The highest BCUT2D eigenvalue weighted by Crippen LogP contribution is 2.14. The third kappa shape index (κ3) is 3.48. The summed E-state index contributed by atoms with van der Waals surface area (Å²) in [7, 11) is 0. The van der Waals surface area contributed by atoms with Crippen molar-refractivity contribution in [3.8, 4) is 0 Å². The molecule has 1 rings (SSSR count). The molecule has 1 atom stereocenters. The van der Waals surface area contributed by atoms with Crippen LogP contribution >= 0.6 is 31.9 Å². The van der Waals surface area contributed by atoms with Crippen LogP contribution in [0.5, 0.6) is 0 Å². The first-order chi connectivity index (χ1) is 6.09. The molecule has 0 spiro atoms. The zero-order chi connectivity index (χ0) is 9.84. The molecular weight excluding hydrogens is 298 g/mol. The fraction of sp³-hybridized carbons (Fsp3) is 0.222. The van der Waals surface area contributed by atoms with Crippen molar-refractivity contribution >= 4 is 43.5 Å². The lowest BCUT2D eigenvalue weighted by Gasteiger charge is -2.05. The van der Waals surface area contributed by atoms with E-state index in [1.54, 1.807) is 6.92 Å². The first kappa shape index (κ1) is 10.7. The predicted molar refractivity (Wildman–Crippen MR) is 61.2 cm³/mol. The topological polar surface area (TPSA) is 29.1 Å². The van der Waals surface area contributed by atoms with Gasteiger partial charge in [0.2, 0.25) is 5.91 Å². The molecule has 2 nitrogen and oxygen atoms in total. The summed E-state index contributed by atoms with van der Waals surface area (Å²) in [4.78, 5) is 11.1. The number of carbonyl (C=O) groups is 1. The Bertz CT molecular complexity index is 295. The van der Waals surface area contributed by atoms with Gasteiger partial charge in [0.1, 0.15) is 0 Å². The molecule has 0 aromatic heterocycles. The van der Waals surface area contributed by atoms with Crippen LogP contribution in [-0.4, -0.2) is 10.7 Å². The van der Waals surface area contributed by atoms with Gasteiger partial charge in [0.05, 0.1) is 4.83 Å². The molecule has 1 amide bonds. The summed E-state index contributed by atoms with van der Waals surface area (Å²) in [6, 6.07) is 7.46. The molecule has 0 fully saturated rings. The van der Waals surface area contributed by atoms with Gasteiger partial charge in [-0.25, -0.2) is 0 Å². The van der Waals surface area contributed by atoms with E-state index in [0.29, 0.717) is 0 Å². The van der Waals surface area contributed by atoms with Gasteiger partial charge in [0.15, 0.2) is 0 Å². The summed E-state index contributed by atoms with van der Waals surface area (Å²) < 4.78 is 0.998. The Morgan fingerprint density at radius 2 is 1.92 bits per heavy atom. The summed E-state index contributed by atoms with van der Waals surface area (Å²) in [6.07, 6.45) is 0. The van der Waals surface area contributed by atoms with Gasteiger partial charge in [-0.1, -0.05) is 31.9 Å². The van der Waals surface area contributed by atoms with Crippen LogP contribution in [0.3, 0.4) is 0 Å². The van der Waals surface area contributed by atoms with E-state index in [0.717, 1.165) is 10.2 Å². The van der Waals surface area contributed by atoms with E-state index in [-0.39, 0.29) is 10.7 Å². The second-order valence-corrected chi connectivity index (χ2v) is 4.90. The maximum Gasteiger partial charge on any atom is 0.237 e. The molecular formula is C9H9Br2NO. The molecule has 70 valence electrons. The Labute approximate surface area is 94.0 Å². The number of hydrogen-bond donors (Lipinski definition) is 1. The van der Waals surface area contributed by atoms with Gasteiger partial charge in [-0.15, -0.1) is 0 Å². The molecule has 0 heterocycles. The Kier molecular flexibility index (Phi) is 3.93. The van der Waals surface area contributed by atoms with E-state index in [9.17, 15) is 4.79 Å². The Morgan fingerprint density at radius 3 is 2.38 bits per heavy atom. The van der Waals surface area contributed by atoms with Gasteiger partial charge in [-0.2, -0.15) is 0 Å². The second-order valence-electron chi connectivity index (χ2n) is 2.61. The minimum absolute atomic E-state index is 0.0395. The van der Waals surface area contributed by atoms with Crippen LogP contribution in [0.15, 0.2) is 28.7 Å². The lowest BCUT2D eigenvalue weighted by molar-refractivity contribution is -0.115. The summed E-state index contributed by atoms with van der Waals surface area (Å²) >= 11 is 6.51. The van der Waals surface area contributed by atoms with Gasteiger partial charge < -0.3 is 5.32 Å². The standard InChI is InChI=1S/C9H9Br2NO/c1-6(10)9(13)12-8-4-2-7(11)3-5-8/h2-6H,1H3,(H,12,13)/t6-/m1/s1. The molecule has 0 radical (unpaired) electrons. The number of alkyl halides is 1. The van der Waals surface area contributed by atoms with E-state index in [1.807, 2.05) is 24.3 Å². The van der Waals surface area contributed by atoms with Crippen molar-refractivity contribution in [1.82, 2.24) is 0 Å². The number of amides is 1. The van der Waals surface area contributed by atoms with Crippen molar-refractivity contribution in [1.29, 1.82) is 0 Å². The molecule has 0 saturated heterocycles. The minimum atomic E-state index is -0.170. The lowest BCUT2D eigenvalue weighted by Crippen LogP contribution is -2.19. The average Bonchev–Trinajstić information content (AvgIpc) is 2.08. The van der Waals surface area contributed by atoms with Crippen molar-refractivity contribution in [2.75, 3.05) is 5.32 Å². The molecule has 1 N–H and O–H groups in total. The van der Waals surface area contributed by atoms with E-state index in [2.05, 4.69) is 37.2 Å². The molecule has 4 heteroatoms. The molecule has 1 aromatic rings. The van der Waals surface area contributed by atoms with E-state index < -0.39 is 0 Å². The molecule has 0 unspecified atom stereocenters.